The summed E-state index contributed by atoms with van der Waals surface area (Å²) < 4.78 is 10.7. The summed E-state index contributed by atoms with van der Waals surface area (Å²) in [6.45, 7) is 11.1. The van der Waals surface area contributed by atoms with Gasteiger partial charge in [0.2, 0.25) is 11.8 Å². The number of likely N-dealkylation sites (tertiary alicyclic amines) is 1. The molecule has 2 amide bonds. The van der Waals surface area contributed by atoms with Crippen molar-refractivity contribution in [3.8, 4) is 11.5 Å². The molecule has 2 aliphatic rings. The van der Waals surface area contributed by atoms with Crippen LogP contribution in [0.2, 0.25) is 10.0 Å². The summed E-state index contributed by atoms with van der Waals surface area (Å²) >= 11 is 13.0. The van der Waals surface area contributed by atoms with Gasteiger partial charge in [0.05, 0.1) is 42.1 Å². The number of carbonyl (C=O) groups excluding carboxylic acids is 2. The summed E-state index contributed by atoms with van der Waals surface area (Å²) in [6.07, 6.45) is 4.83. The molecular formula is C33H39Cl2N7O4. The van der Waals surface area contributed by atoms with Gasteiger partial charge in [0.1, 0.15) is 29.5 Å². The van der Waals surface area contributed by atoms with Crippen LogP contribution in [0.5, 0.6) is 11.5 Å². The summed E-state index contributed by atoms with van der Waals surface area (Å²) in [5.74, 6) is 0.818. The van der Waals surface area contributed by atoms with Gasteiger partial charge in [-0.15, -0.1) is 0 Å². The summed E-state index contributed by atoms with van der Waals surface area (Å²) in [5, 5.41) is 6.66. The van der Waals surface area contributed by atoms with Gasteiger partial charge in [0, 0.05) is 55.5 Å². The molecule has 0 saturated carbocycles. The van der Waals surface area contributed by atoms with Gasteiger partial charge in [-0.3, -0.25) is 14.5 Å². The highest BCUT2D eigenvalue weighted by atomic mass is 35.5. The summed E-state index contributed by atoms with van der Waals surface area (Å²) in [4.78, 5) is 40.7. The van der Waals surface area contributed by atoms with E-state index in [1.54, 1.807) is 19.2 Å². The number of carbonyl (C=O) groups is 2. The van der Waals surface area contributed by atoms with E-state index in [0.29, 0.717) is 45.5 Å². The minimum absolute atomic E-state index is 0.123. The number of nitrogens with zero attached hydrogens (tertiary/aromatic N) is 5. The molecule has 1 unspecified atom stereocenters. The van der Waals surface area contributed by atoms with Gasteiger partial charge < -0.3 is 29.9 Å². The van der Waals surface area contributed by atoms with E-state index in [9.17, 15) is 9.59 Å². The second-order valence-corrected chi connectivity index (χ2v) is 12.4. The Morgan fingerprint density at radius 3 is 2.41 bits per heavy atom. The first kappa shape index (κ1) is 33.3. The summed E-state index contributed by atoms with van der Waals surface area (Å²) in [6, 6.07) is 9.15. The van der Waals surface area contributed by atoms with Crippen molar-refractivity contribution in [2.45, 2.75) is 26.2 Å². The van der Waals surface area contributed by atoms with Crippen molar-refractivity contribution in [3.05, 3.63) is 64.9 Å². The van der Waals surface area contributed by atoms with E-state index in [1.165, 1.54) is 37.9 Å². The normalized spacial score (nSPS) is 17.7. The fourth-order valence-electron chi connectivity index (χ4n) is 6.14. The van der Waals surface area contributed by atoms with Crippen LogP contribution < -0.4 is 29.9 Å². The second kappa shape index (κ2) is 14.1. The molecule has 2 N–H and O–H groups in total. The van der Waals surface area contributed by atoms with E-state index in [1.807, 2.05) is 18.2 Å². The van der Waals surface area contributed by atoms with Gasteiger partial charge in [-0.05, 0) is 50.2 Å². The zero-order valence-electron chi connectivity index (χ0n) is 26.5. The minimum atomic E-state index is -0.326. The van der Waals surface area contributed by atoms with Crippen LogP contribution >= 0.6 is 23.2 Å². The third-order valence-corrected chi connectivity index (χ3v) is 9.67. The van der Waals surface area contributed by atoms with E-state index in [0.717, 1.165) is 44.8 Å². The number of hydrogen-bond donors (Lipinski definition) is 2. The molecular weight excluding hydrogens is 629 g/mol. The van der Waals surface area contributed by atoms with Gasteiger partial charge in [0.15, 0.2) is 0 Å². The lowest BCUT2D eigenvalue weighted by atomic mass is 9.86. The van der Waals surface area contributed by atoms with Gasteiger partial charge in [-0.2, -0.15) is 0 Å². The van der Waals surface area contributed by atoms with Crippen molar-refractivity contribution >= 4 is 63.7 Å². The molecule has 1 atom stereocenters. The number of rotatable bonds is 11. The van der Waals surface area contributed by atoms with Crippen LogP contribution in [0.25, 0.3) is 0 Å². The van der Waals surface area contributed by atoms with Crippen molar-refractivity contribution in [2.75, 3.05) is 74.4 Å². The topological polar surface area (TPSA) is 112 Å². The molecule has 1 spiro atoms. The first-order chi connectivity index (χ1) is 22.1. The SMILES string of the molecule is C=CC(=O)Nc1cc(N2CCC3(CCN(CC)C3)C2)ccc1Nc1cc(N(C)C(=O)Cc2c(Cl)c(OC)cc(OC)c2Cl)ncn1. The fourth-order valence-corrected chi connectivity index (χ4v) is 6.77. The predicted octanol–water partition coefficient (Wildman–Crippen LogP) is 5.80. The number of benzene rings is 2. The maximum Gasteiger partial charge on any atom is 0.247 e. The van der Waals surface area contributed by atoms with Crippen LogP contribution in [0.15, 0.2) is 49.3 Å². The molecule has 3 aromatic rings. The highest BCUT2D eigenvalue weighted by Gasteiger charge is 2.43. The van der Waals surface area contributed by atoms with Crippen molar-refractivity contribution in [1.82, 2.24) is 14.9 Å². The first-order valence-corrected chi connectivity index (χ1v) is 15.8. The zero-order valence-corrected chi connectivity index (χ0v) is 28.0. The van der Waals surface area contributed by atoms with E-state index in [-0.39, 0.29) is 28.3 Å². The van der Waals surface area contributed by atoms with Gasteiger partial charge >= 0.3 is 0 Å². The average molecular weight is 669 g/mol. The van der Waals surface area contributed by atoms with Gasteiger partial charge in [0.25, 0.3) is 0 Å². The molecule has 2 aliphatic heterocycles. The molecule has 3 heterocycles. The Kier molecular flexibility index (Phi) is 10.2. The second-order valence-electron chi connectivity index (χ2n) is 11.6. The van der Waals surface area contributed by atoms with Crippen molar-refractivity contribution in [3.63, 3.8) is 0 Å². The molecule has 46 heavy (non-hydrogen) atoms. The van der Waals surface area contributed by atoms with E-state index in [4.69, 9.17) is 32.7 Å². The van der Waals surface area contributed by atoms with Crippen LogP contribution in [-0.4, -0.2) is 80.7 Å². The number of aromatic nitrogens is 2. The highest BCUT2D eigenvalue weighted by Crippen LogP contribution is 2.43. The van der Waals surface area contributed by atoms with Crippen molar-refractivity contribution in [2.24, 2.45) is 5.41 Å². The number of anilines is 5. The molecule has 2 saturated heterocycles. The van der Waals surface area contributed by atoms with Crippen molar-refractivity contribution < 1.29 is 19.1 Å². The lowest BCUT2D eigenvalue weighted by molar-refractivity contribution is -0.117. The number of amides is 2. The molecule has 2 aromatic carbocycles. The number of methoxy groups -OCH3 is 2. The molecule has 0 bridgehead atoms. The van der Waals surface area contributed by atoms with Gasteiger partial charge in [-0.25, -0.2) is 9.97 Å². The maximum absolute atomic E-state index is 13.4. The number of ether oxygens (including phenoxy) is 2. The number of halogens is 2. The van der Waals surface area contributed by atoms with E-state index >= 15 is 0 Å². The Morgan fingerprint density at radius 1 is 1.04 bits per heavy atom. The number of nitrogens with one attached hydrogen (secondary N) is 2. The summed E-state index contributed by atoms with van der Waals surface area (Å²) in [5.41, 5.74) is 2.95. The lowest BCUT2D eigenvalue weighted by Crippen LogP contribution is -2.30. The predicted molar refractivity (Wildman–Crippen MR) is 183 cm³/mol. The fraction of sp³-hybridized carbons (Fsp3) is 0.394. The van der Waals surface area contributed by atoms with Crippen LogP contribution in [-0.2, 0) is 16.0 Å². The van der Waals surface area contributed by atoms with Crippen molar-refractivity contribution in [1.29, 1.82) is 0 Å². The number of likely N-dealkylation sites (N-methyl/N-ethyl adjacent to an activating group) is 1. The molecule has 13 heteroatoms. The number of hydrogen-bond acceptors (Lipinski definition) is 9. The molecule has 0 radical (unpaired) electrons. The Morgan fingerprint density at radius 2 is 1.76 bits per heavy atom. The Labute approximate surface area is 279 Å². The molecule has 2 fully saturated rings. The molecule has 11 nitrogen and oxygen atoms in total. The Balaban J connectivity index is 1.34. The Hall–Kier alpha value is -4.06. The minimum Gasteiger partial charge on any atom is -0.495 e. The molecule has 244 valence electrons. The van der Waals surface area contributed by atoms with Crippen LogP contribution in [0.1, 0.15) is 25.3 Å². The van der Waals surface area contributed by atoms with Crippen LogP contribution in [0, 0.1) is 5.41 Å². The van der Waals surface area contributed by atoms with E-state index < -0.39 is 0 Å². The molecule has 5 rings (SSSR count). The third-order valence-electron chi connectivity index (χ3n) is 8.84. The highest BCUT2D eigenvalue weighted by molar-refractivity contribution is 6.38. The Bertz CT molecular complexity index is 1610. The standard InChI is InChI=1S/C33H39Cl2N7O4/c1-6-29(43)39-24-14-21(42-13-11-33(19-42)10-12-41(7-2)18-33)8-9-23(24)38-27-17-28(37-20-36-27)40(3)30(44)15-22-31(34)25(45-4)16-26(46-5)32(22)35/h6,8-9,14,16-17,20H,1,7,10-13,15,18-19H2,2-5H3,(H,39,43)(H,36,37,38). The average Bonchev–Trinajstić information content (AvgIpc) is 3.69. The zero-order chi connectivity index (χ0) is 33.0. The smallest absolute Gasteiger partial charge is 0.247 e. The third kappa shape index (κ3) is 7.01. The molecule has 1 aromatic heterocycles. The first-order valence-electron chi connectivity index (χ1n) is 15.1. The summed E-state index contributed by atoms with van der Waals surface area (Å²) in [7, 11) is 4.55. The van der Waals surface area contributed by atoms with Gasteiger partial charge in [-0.1, -0.05) is 36.7 Å². The van der Waals surface area contributed by atoms with E-state index in [2.05, 4.69) is 43.9 Å². The maximum atomic E-state index is 13.4. The largest absolute Gasteiger partial charge is 0.495 e. The lowest BCUT2D eigenvalue weighted by Gasteiger charge is -2.26. The quantitative estimate of drug-likeness (QED) is 0.245. The van der Waals surface area contributed by atoms with Crippen LogP contribution in [0.3, 0.4) is 0 Å². The van der Waals surface area contributed by atoms with Crippen LogP contribution in [0.4, 0.5) is 28.7 Å². The molecule has 0 aliphatic carbocycles. The monoisotopic (exact) mass is 667 g/mol.